The van der Waals surface area contributed by atoms with E-state index in [0.29, 0.717) is 10.6 Å². The van der Waals surface area contributed by atoms with Crippen molar-refractivity contribution < 1.29 is 14.3 Å². The van der Waals surface area contributed by atoms with Crippen LogP contribution in [-0.2, 0) is 4.79 Å². The summed E-state index contributed by atoms with van der Waals surface area (Å²) < 4.78 is 1.74. The van der Waals surface area contributed by atoms with Gasteiger partial charge in [0.1, 0.15) is 0 Å². The van der Waals surface area contributed by atoms with Crippen molar-refractivity contribution in [1.29, 1.82) is 0 Å². The Morgan fingerprint density at radius 2 is 1.67 bits per heavy atom. The van der Waals surface area contributed by atoms with Gasteiger partial charge in [0.2, 0.25) is 12.3 Å². The minimum atomic E-state index is -0.746. The van der Waals surface area contributed by atoms with E-state index in [1.807, 2.05) is 67.7 Å². The summed E-state index contributed by atoms with van der Waals surface area (Å²) in [6.07, 6.45) is 1.84. The Labute approximate surface area is 180 Å². The second-order valence-corrected chi connectivity index (χ2v) is 7.67. The third-order valence-corrected chi connectivity index (χ3v) is 5.29. The average Bonchev–Trinajstić information content (AvgIpc) is 3.05. The van der Waals surface area contributed by atoms with E-state index in [1.54, 1.807) is 28.9 Å². The number of nitrogens with zero attached hydrogens (tertiary/aromatic N) is 1. The van der Waals surface area contributed by atoms with Crippen LogP contribution in [0, 0.1) is 6.92 Å². The molecule has 3 aromatic carbocycles. The molecule has 6 heteroatoms. The number of amides is 2. The molecule has 1 saturated heterocycles. The maximum Gasteiger partial charge on any atom is 0.304 e. The van der Waals surface area contributed by atoms with Gasteiger partial charge in [0, 0.05) is 21.7 Å². The highest BCUT2D eigenvalue weighted by atomic mass is 35.5. The van der Waals surface area contributed by atoms with E-state index in [-0.39, 0.29) is 11.8 Å². The zero-order chi connectivity index (χ0) is 21.1. The normalized spacial score (nSPS) is 19.5. The van der Waals surface area contributed by atoms with Gasteiger partial charge < -0.3 is 5.32 Å². The molecular weight excluding hydrogens is 398 g/mol. The molecule has 0 unspecified atom stereocenters. The molecule has 0 radical (unpaired) electrons. The molecule has 2 amide bonds. The van der Waals surface area contributed by atoms with Crippen LogP contribution < -0.4 is 10.7 Å². The molecule has 0 spiro atoms. The van der Waals surface area contributed by atoms with Gasteiger partial charge in [0.25, 0.3) is 5.91 Å². The third kappa shape index (κ3) is 4.26. The van der Waals surface area contributed by atoms with E-state index in [4.69, 9.17) is 11.6 Å². The van der Waals surface area contributed by atoms with Crippen molar-refractivity contribution in [2.45, 2.75) is 19.0 Å². The molecule has 0 aliphatic carbocycles. The van der Waals surface area contributed by atoms with E-state index < -0.39 is 12.1 Å². The van der Waals surface area contributed by atoms with Crippen LogP contribution in [-0.4, -0.2) is 28.8 Å². The van der Waals surface area contributed by atoms with Crippen LogP contribution in [0.5, 0.6) is 0 Å². The summed E-state index contributed by atoms with van der Waals surface area (Å²) in [5.74, 6) is -0.557. The number of carbonyl (C=O) groups excluding carboxylic acids is 2. The molecule has 0 aromatic heterocycles. The molecule has 0 bridgehead atoms. The maximum atomic E-state index is 12.8. The van der Waals surface area contributed by atoms with Crippen LogP contribution in [0.1, 0.15) is 33.1 Å². The minimum Gasteiger partial charge on any atom is -0.334 e. The van der Waals surface area contributed by atoms with Gasteiger partial charge in [-0.3, -0.25) is 9.59 Å². The van der Waals surface area contributed by atoms with Gasteiger partial charge in [0.05, 0.1) is 0 Å². The molecule has 0 saturated carbocycles. The Hall–Kier alpha value is -3.44. The highest BCUT2D eigenvalue weighted by Crippen LogP contribution is 2.25. The molecule has 4 rings (SSSR count). The quantitative estimate of drug-likeness (QED) is 0.635. The highest BCUT2D eigenvalue weighted by molar-refractivity contribution is 6.30. The molecule has 2 N–H and O–H groups in total. The fourth-order valence-electron chi connectivity index (χ4n) is 3.47. The van der Waals surface area contributed by atoms with Gasteiger partial charge in [-0.2, -0.15) is 0 Å². The molecule has 1 fully saturated rings. The number of hydrogen-bond acceptors (Lipinski definition) is 2. The van der Waals surface area contributed by atoms with Gasteiger partial charge >= 0.3 is 5.91 Å². The summed E-state index contributed by atoms with van der Waals surface area (Å²) in [5, 5.41) is 3.54. The summed E-state index contributed by atoms with van der Waals surface area (Å²) in [6, 6.07) is 23.1. The third-order valence-electron chi connectivity index (χ3n) is 5.04. The van der Waals surface area contributed by atoms with Crippen molar-refractivity contribution in [3.05, 3.63) is 106 Å². The number of halogens is 1. The van der Waals surface area contributed by atoms with Gasteiger partial charge in [0.15, 0.2) is 6.04 Å². The molecular formula is C24H21ClN3O2+. The first-order valence-electron chi connectivity index (χ1n) is 9.63. The van der Waals surface area contributed by atoms with E-state index in [9.17, 15) is 9.59 Å². The fourth-order valence-corrected chi connectivity index (χ4v) is 3.60. The summed E-state index contributed by atoms with van der Waals surface area (Å²) in [7, 11) is 0. The number of hydrogen-bond donors (Lipinski definition) is 2. The number of rotatable bonds is 4. The monoisotopic (exact) mass is 418 g/mol. The standard InChI is InChI=1S/C24H20ClN3O2/c1-16-7-11-19(12-8-16)23(29)26-21-22(18-5-3-2-4-6-18)28(27-24(21)30)15-17-9-13-20(25)14-10-17/h2-15,21-22H,1H3,(H-,26,27,29,30)/p+1/b28-15-/t21-,22+/m1/s1. The van der Waals surface area contributed by atoms with Crippen LogP contribution in [0.25, 0.3) is 0 Å². The van der Waals surface area contributed by atoms with Crippen molar-refractivity contribution >= 4 is 29.6 Å². The number of hydrazone groups is 1. The SMILES string of the molecule is Cc1ccc(C(=O)N[C@H]2C(=O)N/[N+](=C\c3ccc(Cl)cc3)[C@H]2c2ccccc2)cc1. The number of carbonyl (C=O) groups is 2. The predicted octanol–water partition coefficient (Wildman–Crippen LogP) is 3.66. The smallest absolute Gasteiger partial charge is 0.304 e. The Morgan fingerprint density at radius 1 is 1.00 bits per heavy atom. The molecule has 1 heterocycles. The van der Waals surface area contributed by atoms with Crippen LogP contribution in [0.15, 0.2) is 78.9 Å². The molecule has 150 valence electrons. The van der Waals surface area contributed by atoms with Crippen molar-refractivity contribution in [3.63, 3.8) is 0 Å². The Morgan fingerprint density at radius 3 is 2.33 bits per heavy atom. The molecule has 3 aromatic rings. The maximum absolute atomic E-state index is 12.8. The molecule has 1 aliphatic heterocycles. The van der Waals surface area contributed by atoms with Crippen LogP contribution in [0.3, 0.4) is 0 Å². The molecule has 5 nitrogen and oxygen atoms in total. The van der Waals surface area contributed by atoms with Crippen LogP contribution in [0.2, 0.25) is 5.02 Å². The topological polar surface area (TPSA) is 61.2 Å². The van der Waals surface area contributed by atoms with Gasteiger partial charge in [-0.05, 0) is 43.3 Å². The van der Waals surface area contributed by atoms with Gasteiger partial charge in [-0.15, -0.1) is 10.1 Å². The highest BCUT2D eigenvalue weighted by Gasteiger charge is 2.47. The van der Waals surface area contributed by atoms with Crippen molar-refractivity contribution in [1.82, 2.24) is 10.7 Å². The number of benzene rings is 3. The predicted molar refractivity (Wildman–Crippen MR) is 117 cm³/mol. The molecule has 2 atom stereocenters. The zero-order valence-electron chi connectivity index (χ0n) is 16.4. The minimum absolute atomic E-state index is 0.269. The van der Waals surface area contributed by atoms with Crippen LogP contribution in [0.4, 0.5) is 0 Å². The van der Waals surface area contributed by atoms with E-state index in [2.05, 4.69) is 10.7 Å². The first-order chi connectivity index (χ1) is 14.5. The Bertz CT molecular complexity index is 1090. The summed E-state index contributed by atoms with van der Waals surface area (Å²) in [4.78, 5) is 25.6. The lowest BCUT2D eigenvalue weighted by molar-refractivity contribution is -0.596. The first kappa shape index (κ1) is 19.9. The number of aryl methyl sites for hydroxylation is 1. The largest absolute Gasteiger partial charge is 0.334 e. The lowest BCUT2D eigenvalue weighted by Gasteiger charge is -2.14. The number of nitrogens with one attached hydrogen (secondary N) is 2. The zero-order valence-corrected chi connectivity index (χ0v) is 17.1. The Kier molecular flexibility index (Phi) is 5.63. The lowest BCUT2D eigenvalue weighted by atomic mass is 9.99. The van der Waals surface area contributed by atoms with Gasteiger partial charge in [-0.1, -0.05) is 59.6 Å². The van der Waals surface area contributed by atoms with E-state index in [0.717, 1.165) is 16.7 Å². The summed E-state index contributed by atoms with van der Waals surface area (Å²) in [6.45, 7) is 1.96. The Balaban J connectivity index is 1.68. The molecule has 30 heavy (non-hydrogen) atoms. The second kappa shape index (κ2) is 8.51. The van der Waals surface area contributed by atoms with Crippen molar-refractivity contribution in [3.8, 4) is 0 Å². The lowest BCUT2D eigenvalue weighted by Crippen LogP contribution is -2.42. The summed E-state index contributed by atoms with van der Waals surface area (Å²) >= 11 is 5.98. The second-order valence-electron chi connectivity index (χ2n) is 7.24. The molecule has 1 aliphatic rings. The van der Waals surface area contributed by atoms with E-state index in [1.165, 1.54) is 0 Å². The van der Waals surface area contributed by atoms with Crippen LogP contribution >= 0.6 is 11.6 Å². The summed E-state index contributed by atoms with van der Waals surface area (Å²) in [5.41, 5.74) is 6.25. The van der Waals surface area contributed by atoms with E-state index >= 15 is 0 Å². The first-order valence-corrected chi connectivity index (χ1v) is 10.0. The average molecular weight is 419 g/mol. The number of hydrazine groups is 1. The van der Waals surface area contributed by atoms with Gasteiger partial charge in [-0.25, -0.2) is 0 Å². The fraction of sp³-hybridized carbons (Fsp3) is 0.125. The van der Waals surface area contributed by atoms with Crippen molar-refractivity contribution in [2.24, 2.45) is 0 Å². The van der Waals surface area contributed by atoms with Crippen molar-refractivity contribution in [2.75, 3.05) is 0 Å².